The second-order valence-corrected chi connectivity index (χ2v) is 12.2. The van der Waals surface area contributed by atoms with Crippen molar-refractivity contribution >= 4 is 50.7 Å². The number of amides is 2. The van der Waals surface area contributed by atoms with Crippen LogP contribution < -0.4 is 19.1 Å². The Morgan fingerprint density at radius 3 is 2.17 bits per heavy atom. The number of nitrogens with zero attached hydrogens (tertiary/aromatic N) is 2. The molecule has 12 heteroatoms. The molecule has 0 aliphatic heterocycles. The maximum atomic E-state index is 14.0. The summed E-state index contributed by atoms with van der Waals surface area (Å²) in [6, 6.07) is 16.0. The van der Waals surface area contributed by atoms with E-state index < -0.39 is 34.4 Å². The molecular formula is C29H33Cl2N3O6S. The van der Waals surface area contributed by atoms with Crippen molar-refractivity contribution < 1.29 is 27.5 Å². The molecule has 0 spiro atoms. The number of hydrogen-bond donors (Lipinski definition) is 1. The molecule has 0 aliphatic rings. The molecule has 3 aromatic rings. The average molecular weight is 623 g/mol. The first kappa shape index (κ1) is 32.0. The van der Waals surface area contributed by atoms with Crippen molar-refractivity contribution in [3.8, 4) is 11.5 Å². The monoisotopic (exact) mass is 621 g/mol. The van der Waals surface area contributed by atoms with Crippen LogP contribution in [0.4, 0.5) is 5.69 Å². The van der Waals surface area contributed by atoms with E-state index in [1.807, 2.05) is 0 Å². The molecule has 0 heterocycles. The SMILES string of the molecule is COc1ccc(S(=O)(=O)N(CC(=O)N(Cc2ccc(Cl)cc2Cl)[C@@H](C)C(=O)NC(C)C)c2ccccc2OC)cc1. The summed E-state index contributed by atoms with van der Waals surface area (Å²) < 4.78 is 39.6. The number of halogens is 2. The maximum Gasteiger partial charge on any atom is 0.264 e. The Bertz CT molecular complexity index is 1480. The van der Waals surface area contributed by atoms with Crippen LogP contribution in [0.25, 0.3) is 0 Å². The minimum absolute atomic E-state index is 0.0603. The van der Waals surface area contributed by atoms with Crippen molar-refractivity contribution in [1.82, 2.24) is 10.2 Å². The third-order valence-electron chi connectivity index (χ3n) is 6.23. The normalized spacial score (nSPS) is 12.0. The van der Waals surface area contributed by atoms with Gasteiger partial charge in [-0.25, -0.2) is 8.42 Å². The summed E-state index contributed by atoms with van der Waals surface area (Å²) in [7, 11) is -1.40. The lowest BCUT2D eigenvalue weighted by Crippen LogP contribution is -2.52. The highest BCUT2D eigenvalue weighted by Gasteiger charge is 2.34. The van der Waals surface area contributed by atoms with E-state index in [2.05, 4.69) is 5.32 Å². The van der Waals surface area contributed by atoms with Gasteiger partial charge >= 0.3 is 0 Å². The van der Waals surface area contributed by atoms with Crippen LogP contribution in [-0.4, -0.2) is 58.0 Å². The lowest BCUT2D eigenvalue weighted by molar-refractivity contribution is -0.139. The number of nitrogens with one attached hydrogen (secondary N) is 1. The number of rotatable bonds is 12. The van der Waals surface area contributed by atoms with Crippen molar-refractivity contribution in [2.24, 2.45) is 0 Å². The molecule has 0 radical (unpaired) electrons. The summed E-state index contributed by atoms with van der Waals surface area (Å²) in [5.41, 5.74) is 0.693. The van der Waals surface area contributed by atoms with Crippen LogP contribution >= 0.6 is 23.2 Å². The molecule has 0 saturated heterocycles. The zero-order chi connectivity index (χ0) is 30.3. The number of carbonyl (C=O) groups excluding carboxylic acids is 2. The molecule has 0 fully saturated rings. The fourth-order valence-electron chi connectivity index (χ4n) is 4.05. The van der Waals surface area contributed by atoms with E-state index in [9.17, 15) is 18.0 Å². The Labute approximate surface area is 251 Å². The van der Waals surface area contributed by atoms with Crippen molar-refractivity contribution in [1.29, 1.82) is 0 Å². The van der Waals surface area contributed by atoms with E-state index in [1.54, 1.807) is 57.2 Å². The van der Waals surface area contributed by atoms with Gasteiger partial charge < -0.3 is 19.7 Å². The fraction of sp³-hybridized carbons (Fsp3) is 0.310. The summed E-state index contributed by atoms with van der Waals surface area (Å²) in [6.07, 6.45) is 0. The van der Waals surface area contributed by atoms with Crippen LogP contribution in [0.5, 0.6) is 11.5 Å². The van der Waals surface area contributed by atoms with Crippen molar-refractivity contribution in [2.45, 2.75) is 44.3 Å². The van der Waals surface area contributed by atoms with Gasteiger partial charge in [-0.1, -0.05) is 41.4 Å². The minimum Gasteiger partial charge on any atom is -0.497 e. The summed E-state index contributed by atoms with van der Waals surface area (Å²) in [5.74, 6) is -0.319. The van der Waals surface area contributed by atoms with Gasteiger partial charge in [0.25, 0.3) is 10.0 Å². The summed E-state index contributed by atoms with van der Waals surface area (Å²) >= 11 is 12.5. The lowest BCUT2D eigenvalue weighted by atomic mass is 10.1. The molecule has 0 aliphatic carbocycles. The summed E-state index contributed by atoms with van der Waals surface area (Å²) in [4.78, 5) is 28.3. The molecule has 0 bridgehead atoms. The standard InChI is InChI=1S/C29H33Cl2N3O6S/c1-19(2)32-29(36)20(3)33(17-21-10-11-22(30)16-25(21)31)28(35)18-34(26-8-6-7-9-27(26)40-5)41(37,38)24-14-12-23(39-4)13-15-24/h6-16,19-20H,17-18H2,1-5H3,(H,32,36)/t20-/m0/s1. The predicted octanol–water partition coefficient (Wildman–Crippen LogP) is 5.15. The topological polar surface area (TPSA) is 105 Å². The Morgan fingerprint density at radius 2 is 1.59 bits per heavy atom. The van der Waals surface area contributed by atoms with E-state index in [1.165, 1.54) is 49.5 Å². The van der Waals surface area contributed by atoms with Crippen LogP contribution in [0.15, 0.2) is 71.6 Å². The molecule has 1 N–H and O–H groups in total. The molecule has 0 saturated carbocycles. The molecule has 41 heavy (non-hydrogen) atoms. The van der Waals surface area contributed by atoms with Crippen LogP contribution in [0.1, 0.15) is 26.3 Å². The molecule has 220 valence electrons. The van der Waals surface area contributed by atoms with Crippen molar-refractivity contribution in [2.75, 3.05) is 25.1 Å². The van der Waals surface area contributed by atoms with E-state index in [4.69, 9.17) is 32.7 Å². The van der Waals surface area contributed by atoms with Gasteiger partial charge in [0, 0.05) is 22.6 Å². The number of anilines is 1. The first-order valence-electron chi connectivity index (χ1n) is 12.7. The average Bonchev–Trinajstić information content (AvgIpc) is 2.94. The number of ether oxygens (including phenoxy) is 2. The van der Waals surface area contributed by atoms with E-state index in [0.29, 0.717) is 21.4 Å². The Balaban J connectivity index is 2.09. The first-order valence-corrected chi connectivity index (χ1v) is 14.9. The molecule has 3 rings (SSSR count). The number of methoxy groups -OCH3 is 2. The summed E-state index contributed by atoms with van der Waals surface area (Å²) in [5, 5.41) is 3.52. The zero-order valence-corrected chi connectivity index (χ0v) is 25.8. The number of para-hydroxylation sites is 2. The van der Waals surface area contributed by atoms with Crippen LogP contribution in [0, 0.1) is 0 Å². The van der Waals surface area contributed by atoms with Gasteiger partial charge in [-0.2, -0.15) is 0 Å². The Kier molecular flexibility index (Phi) is 10.9. The number of benzene rings is 3. The van der Waals surface area contributed by atoms with Gasteiger partial charge in [0.15, 0.2) is 0 Å². The zero-order valence-electron chi connectivity index (χ0n) is 23.4. The van der Waals surface area contributed by atoms with Gasteiger partial charge in [0.05, 0.1) is 24.8 Å². The second-order valence-electron chi connectivity index (χ2n) is 9.46. The highest BCUT2D eigenvalue weighted by atomic mass is 35.5. The molecule has 1 atom stereocenters. The van der Waals surface area contributed by atoms with Gasteiger partial charge in [-0.3, -0.25) is 13.9 Å². The van der Waals surface area contributed by atoms with Crippen molar-refractivity contribution in [3.05, 3.63) is 82.3 Å². The number of sulfonamides is 1. The highest BCUT2D eigenvalue weighted by Crippen LogP contribution is 2.33. The van der Waals surface area contributed by atoms with Gasteiger partial charge in [-0.15, -0.1) is 0 Å². The Hall–Kier alpha value is -3.47. The quantitative estimate of drug-likeness (QED) is 0.300. The molecule has 9 nitrogen and oxygen atoms in total. The van der Waals surface area contributed by atoms with E-state index >= 15 is 0 Å². The van der Waals surface area contributed by atoms with Crippen LogP contribution in [-0.2, 0) is 26.2 Å². The van der Waals surface area contributed by atoms with E-state index in [-0.39, 0.29) is 28.9 Å². The molecule has 2 amide bonds. The van der Waals surface area contributed by atoms with Gasteiger partial charge in [-0.05, 0) is 74.9 Å². The lowest BCUT2D eigenvalue weighted by Gasteiger charge is -2.32. The van der Waals surface area contributed by atoms with Gasteiger partial charge in [0.1, 0.15) is 24.1 Å². The third kappa shape index (κ3) is 7.84. The smallest absolute Gasteiger partial charge is 0.264 e. The van der Waals surface area contributed by atoms with E-state index in [0.717, 1.165) is 4.31 Å². The largest absolute Gasteiger partial charge is 0.497 e. The highest BCUT2D eigenvalue weighted by molar-refractivity contribution is 7.92. The Morgan fingerprint density at radius 1 is 0.927 bits per heavy atom. The first-order chi connectivity index (χ1) is 19.4. The molecule has 0 unspecified atom stereocenters. The maximum absolute atomic E-state index is 14.0. The number of carbonyl (C=O) groups is 2. The molecule has 3 aromatic carbocycles. The van der Waals surface area contributed by atoms with Gasteiger partial charge in [0.2, 0.25) is 11.8 Å². The van der Waals surface area contributed by atoms with Crippen molar-refractivity contribution in [3.63, 3.8) is 0 Å². The summed E-state index contributed by atoms with van der Waals surface area (Å²) in [6.45, 7) is 4.49. The molecule has 0 aromatic heterocycles. The minimum atomic E-state index is -4.29. The third-order valence-corrected chi connectivity index (χ3v) is 8.60. The fourth-order valence-corrected chi connectivity index (χ4v) is 5.94. The number of hydrogen-bond acceptors (Lipinski definition) is 6. The predicted molar refractivity (Wildman–Crippen MR) is 160 cm³/mol. The van der Waals surface area contributed by atoms with Crippen LogP contribution in [0.3, 0.4) is 0 Å². The molecular weight excluding hydrogens is 589 g/mol. The second kappa shape index (κ2) is 13.9. The van der Waals surface area contributed by atoms with Crippen LogP contribution in [0.2, 0.25) is 10.0 Å².